The topological polar surface area (TPSA) is 137 Å². The minimum Gasteiger partial charge on any atom is -0.324 e. The van der Waals surface area contributed by atoms with Crippen LogP contribution in [0.2, 0.25) is 0 Å². The monoisotopic (exact) mass is 383 g/mol. The number of nitrogens with one attached hydrogen (secondary N) is 2. The van der Waals surface area contributed by atoms with Crippen molar-refractivity contribution in [2.75, 3.05) is 10.6 Å². The molecule has 2 amide bonds. The van der Waals surface area contributed by atoms with Gasteiger partial charge in [0, 0.05) is 24.1 Å². The number of rotatable bonds is 7. The zero-order valence-corrected chi connectivity index (χ0v) is 14.9. The molecule has 0 saturated heterocycles. The van der Waals surface area contributed by atoms with Crippen molar-refractivity contribution in [2.24, 2.45) is 0 Å². The van der Waals surface area contributed by atoms with Crippen LogP contribution in [0, 0.1) is 10.1 Å². The third-order valence-electron chi connectivity index (χ3n) is 3.79. The van der Waals surface area contributed by atoms with Crippen molar-refractivity contribution in [2.45, 2.75) is 20.0 Å². The Kier molecular flexibility index (Phi) is 5.44. The number of aryl methyl sites for hydroxylation is 1. The van der Waals surface area contributed by atoms with Crippen molar-refractivity contribution in [3.8, 4) is 0 Å². The maximum Gasteiger partial charge on any atom is 0.307 e. The van der Waals surface area contributed by atoms with Crippen LogP contribution in [0.5, 0.6) is 0 Å². The average molecular weight is 383 g/mol. The molecule has 11 heteroatoms. The fourth-order valence-electron chi connectivity index (χ4n) is 2.53. The van der Waals surface area contributed by atoms with E-state index in [1.807, 2.05) is 6.92 Å². The maximum absolute atomic E-state index is 12.4. The van der Waals surface area contributed by atoms with Gasteiger partial charge in [-0.05, 0) is 31.2 Å². The van der Waals surface area contributed by atoms with E-state index < -0.39 is 10.8 Å². The summed E-state index contributed by atoms with van der Waals surface area (Å²) in [6.45, 7) is 2.27. The highest BCUT2D eigenvalue weighted by atomic mass is 16.6. The van der Waals surface area contributed by atoms with Crippen LogP contribution in [0.4, 0.5) is 17.1 Å². The lowest BCUT2D eigenvalue weighted by atomic mass is 10.2. The number of aromatic nitrogens is 4. The second-order valence-corrected chi connectivity index (χ2v) is 5.77. The number of anilines is 2. The number of nitrogens with zero attached hydrogens (tertiary/aromatic N) is 5. The zero-order valence-electron chi connectivity index (χ0n) is 14.9. The smallest absolute Gasteiger partial charge is 0.307 e. The standard InChI is InChI=1S/C17H17N7O4/c1-2-23-15(6-7-18-23)17(26)21-13-5-3-4-12(8-13)20-16(25)11-22-10-14(9-19-22)24(27)28/h3-10H,2,11H2,1H3,(H,20,25)(H,21,26). The summed E-state index contributed by atoms with van der Waals surface area (Å²) in [7, 11) is 0. The number of nitro groups is 1. The third kappa shape index (κ3) is 4.38. The minimum absolute atomic E-state index is 0.180. The molecule has 0 saturated carbocycles. The summed E-state index contributed by atoms with van der Waals surface area (Å²) in [5.41, 5.74) is 1.20. The molecule has 0 aliphatic heterocycles. The second kappa shape index (κ2) is 8.12. The summed E-state index contributed by atoms with van der Waals surface area (Å²) in [6, 6.07) is 8.26. The predicted molar refractivity (Wildman–Crippen MR) is 99.8 cm³/mol. The number of carbonyl (C=O) groups excluding carboxylic acids is 2. The highest BCUT2D eigenvalue weighted by molar-refractivity contribution is 6.03. The summed E-state index contributed by atoms with van der Waals surface area (Å²) < 4.78 is 2.75. The number of benzene rings is 1. The summed E-state index contributed by atoms with van der Waals surface area (Å²) >= 11 is 0. The molecule has 3 rings (SSSR count). The molecular formula is C17H17N7O4. The van der Waals surface area contributed by atoms with E-state index >= 15 is 0 Å². The Morgan fingerprint density at radius 1 is 1.18 bits per heavy atom. The quantitative estimate of drug-likeness (QED) is 0.472. The fraction of sp³-hybridized carbons (Fsp3) is 0.176. The molecule has 0 spiro atoms. The van der Waals surface area contributed by atoms with Gasteiger partial charge in [-0.15, -0.1) is 0 Å². The van der Waals surface area contributed by atoms with Crippen molar-refractivity contribution in [3.63, 3.8) is 0 Å². The van der Waals surface area contributed by atoms with Crippen LogP contribution in [0.15, 0.2) is 48.9 Å². The molecule has 0 aliphatic carbocycles. The lowest BCUT2D eigenvalue weighted by molar-refractivity contribution is -0.385. The zero-order chi connectivity index (χ0) is 20.1. The van der Waals surface area contributed by atoms with Crippen LogP contribution in [0.3, 0.4) is 0 Å². The van der Waals surface area contributed by atoms with Gasteiger partial charge in [0.25, 0.3) is 5.91 Å². The Morgan fingerprint density at radius 2 is 1.93 bits per heavy atom. The molecule has 0 radical (unpaired) electrons. The first-order valence-electron chi connectivity index (χ1n) is 8.36. The Bertz CT molecular complexity index is 1020. The lowest BCUT2D eigenvalue weighted by Gasteiger charge is -2.09. The summed E-state index contributed by atoms with van der Waals surface area (Å²) in [6.07, 6.45) is 3.80. The molecule has 0 aliphatic rings. The number of hydrogen-bond acceptors (Lipinski definition) is 6. The number of amides is 2. The van der Waals surface area contributed by atoms with Gasteiger partial charge < -0.3 is 10.6 Å². The van der Waals surface area contributed by atoms with Gasteiger partial charge in [-0.3, -0.25) is 29.1 Å². The van der Waals surface area contributed by atoms with Crippen molar-refractivity contribution >= 4 is 28.9 Å². The van der Waals surface area contributed by atoms with E-state index in [0.717, 1.165) is 6.20 Å². The van der Waals surface area contributed by atoms with E-state index in [4.69, 9.17) is 0 Å². The molecule has 2 aromatic heterocycles. The third-order valence-corrected chi connectivity index (χ3v) is 3.79. The van der Waals surface area contributed by atoms with Crippen molar-refractivity contribution in [3.05, 3.63) is 64.7 Å². The van der Waals surface area contributed by atoms with Crippen molar-refractivity contribution in [1.29, 1.82) is 0 Å². The first-order valence-corrected chi connectivity index (χ1v) is 8.36. The van der Waals surface area contributed by atoms with E-state index in [1.54, 1.807) is 41.2 Å². The van der Waals surface area contributed by atoms with Gasteiger partial charge in [-0.25, -0.2) is 0 Å². The predicted octanol–water partition coefficient (Wildman–Crippen LogP) is 1.90. The minimum atomic E-state index is -0.585. The van der Waals surface area contributed by atoms with Gasteiger partial charge >= 0.3 is 5.69 Å². The highest BCUT2D eigenvalue weighted by Gasteiger charge is 2.13. The fourth-order valence-corrected chi connectivity index (χ4v) is 2.53. The van der Waals surface area contributed by atoms with Crippen LogP contribution in [-0.4, -0.2) is 36.3 Å². The van der Waals surface area contributed by atoms with Gasteiger partial charge in [0.1, 0.15) is 24.6 Å². The van der Waals surface area contributed by atoms with Gasteiger partial charge in [0.15, 0.2) is 0 Å². The van der Waals surface area contributed by atoms with Crippen LogP contribution < -0.4 is 10.6 Å². The summed E-state index contributed by atoms with van der Waals surface area (Å²) in [4.78, 5) is 34.6. The Hall–Kier alpha value is -4.02. The van der Waals surface area contributed by atoms with E-state index in [2.05, 4.69) is 20.8 Å². The molecule has 11 nitrogen and oxygen atoms in total. The normalized spacial score (nSPS) is 10.5. The van der Waals surface area contributed by atoms with Gasteiger partial charge in [0.2, 0.25) is 5.91 Å². The van der Waals surface area contributed by atoms with Crippen molar-refractivity contribution in [1.82, 2.24) is 19.6 Å². The largest absolute Gasteiger partial charge is 0.324 e. The molecule has 0 atom stereocenters. The SMILES string of the molecule is CCn1nccc1C(=O)Nc1cccc(NC(=O)Cn2cc([N+](=O)[O-])cn2)c1. The van der Waals surface area contributed by atoms with Crippen LogP contribution >= 0.6 is 0 Å². The van der Waals surface area contributed by atoms with E-state index in [1.165, 1.54) is 10.9 Å². The average Bonchev–Trinajstić information content (AvgIpc) is 3.31. The van der Waals surface area contributed by atoms with Crippen LogP contribution in [0.25, 0.3) is 0 Å². The Balaban J connectivity index is 1.63. The van der Waals surface area contributed by atoms with Crippen molar-refractivity contribution < 1.29 is 14.5 Å². The molecule has 0 bridgehead atoms. The summed E-state index contributed by atoms with van der Waals surface area (Å²) in [5, 5.41) is 23.9. The van der Waals surface area contributed by atoms with E-state index in [0.29, 0.717) is 23.6 Å². The molecule has 144 valence electrons. The maximum atomic E-state index is 12.4. The lowest BCUT2D eigenvalue weighted by Crippen LogP contribution is -2.19. The molecule has 2 N–H and O–H groups in total. The molecule has 3 aromatic rings. The van der Waals surface area contributed by atoms with Crippen LogP contribution in [-0.2, 0) is 17.9 Å². The molecule has 0 fully saturated rings. The number of carbonyl (C=O) groups is 2. The van der Waals surface area contributed by atoms with Crippen LogP contribution in [0.1, 0.15) is 17.4 Å². The van der Waals surface area contributed by atoms with E-state index in [9.17, 15) is 19.7 Å². The Labute approximate surface area is 159 Å². The van der Waals surface area contributed by atoms with Gasteiger partial charge in [-0.1, -0.05) is 6.07 Å². The molecular weight excluding hydrogens is 366 g/mol. The molecule has 2 heterocycles. The molecule has 1 aromatic carbocycles. The molecule has 28 heavy (non-hydrogen) atoms. The highest BCUT2D eigenvalue weighted by Crippen LogP contribution is 2.16. The Morgan fingerprint density at radius 3 is 2.61 bits per heavy atom. The number of hydrogen-bond donors (Lipinski definition) is 2. The first-order chi connectivity index (χ1) is 13.5. The first kappa shape index (κ1) is 18.8. The summed E-state index contributed by atoms with van der Waals surface area (Å²) in [5.74, 6) is -0.725. The molecule has 0 unspecified atom stereocenters. The second-order valence-electron chi connectivity index (χ2n) is 5.77. The van der Waals surface area contributed by atoms with Gasteiger partial charge in [-0.2, -0.15) is 10.2 Å². The van der Waals surface area contributed by atoms with Gasteiger partial charge in [0.05, 0.1) is 4.92 Å². The van der Waals surface area contributed by atoms with E-state index in [-0.39, 0.29) is 18.1 Å².